The highest BCUT2D eigenvalue weighted by atomic mass is 32.2. The van der Waals surface area contributed by atoms with E-state index in [1.807, 2.05) is 32.0 Å². The largest absolute Gasteiger partial charge is 0.379 e. The van der Waals surface area contributed by atoms with Crippen molar-refractivity contribution >= 4 is 27.7 Å². The number of ether oxygens (including phenoxy) is 1. The third-order valence-electron chi connectivity index (χ3n) is 4.96. The molecular formula is C22H26N2O4S. The Labute approximate surface area is 172 Å². The summed E-state index contributed by atoms with van der Waals surface area (Å²) in [5.41, 5.74) is 3.74. The fraction of sp³-hybridized carbons (Fsp3) is 0.318. The first-order valence-electron chi connectivity index (χ1n) is 9.50. The van der Waals surface area contributed by atoms with E-state index in [9.17, 15) is 13.2 Å². The van der Waals surface area contributed by atoms with E-state index in [0.717, 1.165) is 22.4 Å². The van der Waals surface area contributed by atoms with Gasteiger partial charge >= 0.3 is 0 Å². The Morgan fingerprint density at radius 1 is 1.07 bits per heavy atom. The van der Waals surface area contributed by atoms with E-state index >= 15 is 0 Å². The van der Waals surface area contributed by atoms with Gasteiger partial charge in [0.2, 0.25) is 10.0 Å². The Kier molecular flexibility index (Phi) is 6.52. The number of anilines is 1. The van der Waals surface area contributed by atoms with E-state index in [1.165, 1.54) is 10.4 Å². The van der Waals surface area contributed by atoms with Crippen molar-refractivity contribution < 1.29 is 17.9 Å². The van der Waals surface area contributed by atoms with Gasteiger partial charge in [-0.1, -0.05) is 24.3 Å². The standard InChI is InChI=1S/C22H26N2O4S/c1-17-4-5-18(2)21(16-17)23(3)22(25)11-8-19-6-9-20(10-7-19)29(26,27)24-12-14-28-15-13-24/h4-11,16H,12-15H2,1-3H3/b11-8+. The second kappa shape index (κ2) is 8.90. The molecule has 0 bridgehead atoms. The molecular weight excluding hydrogens is 388 g/mol. The topological polar surface area (TPSA) is 66.9 Å². The van der Waals surface area contributed by atoms with Gasteiger partial charge in [0.25, 0.3) is 5.91 Å². The second-order valence-corrected chi connectivity index (χ2v) is 9.04. The summed E-state index contributed by atoms with van der Waals surface area (Å²) < 4.78 is 32.0. The summed E-state index contributed by atoms with van der Waals surface area (Å²) in [5.74, 6) is -0.149. The summed E-state index contributed by atoms with van der Waals surface area (Å²) in [5, 5.41) is 0. The number of sulfonamides is 1. The van der Waals surface area contributed by atoms with Gasteiger partial charge in [-0.2, -0.15) is 4.31 Å². The van der Waals surface area contributed by atoms with E-state index in [1.54, 1.807) is 42.3 Å². The minimum absolute atomic E-state index is 0.149. The summed E-state index contributed by atoms with van der Waals surface area (Å²) in [7, 11) is -1.77. The van der Waals surface area contributed by atoms with Crippen LogP contribution in [0.1, 0.15) is 16.7 Å². The Hall–Kier alpha value is -2.48. The van der Waals surface area contributed by atoms with Crippen LogP contribution in [-0.2, 0) is 19.6 Å². The van der Waals surface area contributed by atoms with Crippen molar-refractivity contribution in [1.29, 1.82) is 0 Å². The summed E-state index contributed by atoms with van der Waals surface area (Å²) in [4.78, 5) is 14.4. The van der Waals surface area contributed by atoms with Gasteiger partial charge in [0.05, 0.1) is 18.1 Å². The van der Waals surface area contributed by atoms with Gasteiger partial charge in [-0.15, -0.1) is 0 Å². The smallest absolute Gasteiger partial charge is 0.250 e. The minimum atomic E-state index is -3.51. The SMILES string of the molecule is Cc1ccc(C)c(N(C)C(=O)/C=C/c2ccc(S(=O)(=O)N3CCOCC3)cc2)c1. The van der Waals surface area contributed by atoms with E-state index in [0.29, 0.717) is 26.3 Å². The van der Waals surface area contributed by atoms with Crippen LogP contribution in [0, 0.1) is 13.8 Å². The normalized spacial score (nSPS) is 15.6. The fourth-order valence-electron chi connectivity index (χ4n) is 3.17. The molecule has 0 aliphatic carbocycles. The molecule has 0 saturated carbocycles. The second-order valence-electron chi connectivity index (χ2n) is 7.11. The molecule has 1 heterocycles. The molecule has 0 aromatic heterocycles. The molecule has 1 amide bonds. The molecule has 6 nitrogen and oxygen atoms in total. The van der Waals surface area contributed by atoms with Crippen LogP contribution in [0.15, 0.2) is 53.4 Å². The number of hydrogen-bond donors (Lipinski definition) is 0. The Bertz CT molecular complexity index is 1010. The summed E-state index contributed by atoms with van der Waals surface area (Å²) in [6.45, 7) is 5.51. The zero-order valence-corrected chi connectivity index (χ0v) is 17.8. The predicted molar refractivity (Wildman–Crippen MR) is 114 cm³/mol. The average molecular weight is 415 g/mol. The number of morpholine rings is 1. The molecule has 2 aromatic carbocycles. The molecule has 0 radical (unpaired) electrons. The summed E-state index contributed by atoms with van der Waals surface area (Å²) in [6, 6.07) is 12.5. The molecule has 154 valence electrons. The highest BCUT2D eigenvalue weighted by Crippen LogP contribution is 2.21. The van der Waals surface area contributed by atoms with Gasteiger partial charge in [0.15, 0.2) is 0 Å². The van der Waals surface area contributed by atoms with Crippen molar-refractivity contribution in [3.05, 3.63) is 65.2 Å². The van der Waals surface area contributed by atoms with Crippen LogP contribution in [0.4, 0.5) is 5.69 Å². The zero-order chi connectivity index (χ0) is 21.0. The van der Waals surface area contributed by atoms with Crippen LogP contribution in [0.2, 0.25) is 0 Å². The van der Waals surface area contributed by atoms with Crippen molar-refractivity contribution in [2.24, 2.45) is 0 Å². The molecule has 7 heteroatoms. The lowest BCUT2D eigenvalue weighted by molar-refractivity contribution is -0.113. The van der Waals surface area contributed by atoms with Crippen LogP contribution in [0.5, 0.6) is 0 Å². The fourth-order valence-corrected chi connectivity index (χ4v) is 4.57. The molecule has 1 saturated heterocycles. The molecule has 29 heavy (non-hydrogen) atoms. The third-order valence-corrected chi connectivity index (χ3v) is 6.88. The molecule has 0 N–H and O–H groups in total. The summed E-state index contributed by atoms with van der Waals surface area (Å²) in [6.07, 6.45) is 3.18. The molecule has 1 aliphatic heterocycles. The maximum atomic E-state index is 12.7. The van der Waals surface area contributed by atoms with Crippen LogP contribution in [-0.4, -0.2) is 52.0 Å². The molecule has 0 unspecified atom stereocenters. The van der Waals surface area contributed by atoms with Crippen LogP contribution in [0.3, 0.4) is 0 Å². The third kappa shape index (κ3) is 4.93. The molecule has 1 aliphatic rings. The molecule has 0 spiro atoms. The number of carbonyl (C=O) groups is 1. The number of nitrogens with zero attached hydrogens (tertiary/aromatic N) is 2. The number of rotatable bonds is 5. The van der Waals surface area contributed by atoms with Crippen molar-refractivity contribution in [3.63, 3.8) is 0 Å². The van der Waals surface area contributed by atoms with Crippen LogP contribution < -0.4 is 4.90 Å². The minimum Gasteiger partial charge on any atom is -0.379 e. The van der Waals surface area contributed by atoms with Crippen molar-refractivity contribution in [3.8, 4) is 0 Å². The van der Waals surface area contributed by atoms with E-state index in [-0.39, 0.29) is 10.8 Å². The van der Waals surface area contributed by atoms with Gasteiger partial charge < -0.3 is 9.64 Å². The number of amides is 1. The van der Waals surface area contributed by atoms with E-state index in [2.05, 4.69) is 0 Å². The van der Waals surface area contributed by atoms with E-state index in [4.69, 9.17) is 4.74 Å². The predicted octanol–water partition coefficient (Wildman–Crippen LogP) is 3.00. The molecule has 1 fully saturated rings. The van der Waals surface area contributed by atoms with Gasteiger partial charge in [-0.05, 0) is 54.8 Å². The van der Waals surface area contributed by atoms with Crippen molar-refractivity contribution in [2.75, 3.05) is 38.3 Å². The molecule has 2 aromatic rings. The quantitative estimate of drug-likeness (QED) is 0.706. The van der Waals surface area contributed by atoms with Gasteiger partial charge in [0, 0.05) is 31.9 Å². The first kappa shape index (κ1) is 21.2. The zero-order valence-electron chi connectivity index (χ0n) is 17.0. The lowest BCUT2D eigenvalue weighted by atomic mass is 10.1. The van der Waals surface area contributed by atoms with Gasteiger partial charge in [-0.25, -0.2) is 8.42 Å². The number of benzene rings is 2. The monoisotopic (exact) mass is 414 g/mol. The lowest BCUT2D eigenvalue weighted by Gasteiger charge is -2.26. The molecule has 3 rings (SSSR count). The van der Waals surface area contributed by atoms with Gasteiger partial charge in [-0.3, -0.25) is 4.79 Å². The first-order valence-corrected chi connectivity index (χ1v) is 10.9. The maximum Gasteiger partial charge on any atom is 0.250 e. The maximum absolute atomic E-state index is 12.7. The highest BCUT2D eigenvalue weighted by molar-refractivity contribution is 7.89. The highest BCUT2D eigenvalue weighted by Gasteiger charge is 2.25. The number of carbonyl (C=O) groups excluding carboxylic acids is 1. The van der Waals surface area contributed by atoms with Crippen LogP contribution >= 0.6 is 0 Å². The molecule has 0 atom stereocenters. The Morgan fingerprint density at radius 2 is 1.72 bits per heavy atom. The number of hydrogen-bond acceptors (Lipinski definition) is 4. The van der Waals surface area contributed by atoms with Crippen molar-refractivity contribution in [2.45, 2.75) is 18.7 Å². The number of aryl methyl sites for hydroxylation is 2. The number of likely N-dealkylation sites (N-methyl/N-ethyl adjacent to an activating group) is 1. The van der Waals surface area contributed by atoms with Crippen LogP contribution in [0.25, 0.3) is 6.08 Å². The first-order chi connectivity index (χ1) is 13.8. The summed E-state index contributed by atoms with van der Waals surface area (Å²) >= 11 is 0. The Morgan fingerprint density at radius 3 is 2.38 bits per heavy atom. The average Bonchev–Trinajstić information content (AvgIpc) is 2.74. The van der Waals surface area contributed by atoms with Crippen molar-refractivity contribution in [1.82, 2.24) is 4.31 Å². The lowest BCUT2D eigenvalue weighted by Crippen LogP contribution is -2.40. The van der Waals surface area contributed by atoms with Gasteiger partial charge in [0.1, 0.15) is 0 Å². The van der Waals surface area contributed by atoms with E-state index < -0.39 is 10.0 Å². The Balaban J connectivity index is 1.71.